The van der Waals surface area contributed by atoms with Crippen molar-refractivity contribution in [2.45, 2.75) is 58.1 Å². The van der Waals surface area contributed by atoms with Crippen LogP contribution in [0.5, 0.6) is 0 Å². The van der Waals surface area contributed by atoms with Crippen LogP contribution >= 0.6 is 0 Å². The van der Waals surface area contributed by atoms with Crippen molar-refractivity contribution < 1.29 is 4.74 Å². The van der Waals surface area contributed by atoms with Gasteiger partial charge in [-0.3, -0.25) is 0 Å². The summed E-state index contributed by atoms with van der Waals surface area (Å²) >= 11 is 0. The highest BCUT2D eigenvalue weighted by Gasteiger charge is 2.22. The second kappa shape index (κ2) is 5.61. The fourth-order valence-corrected chi connectivity index (χ4v) is 1.89. The Labute approximate surface area is 81.8 Å². The van der Waals surface area contributed by atoms with Gasteiger partial charge >= 0.3 is 0 Å². The number of hydrogen-bond acceptors (Lipinski definition) is 2. The van der Waals surface area contributed by atoms with Crippen molar-refractivity contribution in [1.82, 2.24) is 0 Å². The molecule has 78 valence electrons. The molecule has 1 aliphatic rings. The molecule has 2 heteroatoms. The number of ether oxygens (including phenoxy) is 1. The van der Waals surface area contributed by atoms with Crippen LogP contribution < -0.4 is 5.73 Å². The number of nitrogens with two attached hydrogens (primary N) is 1. The van der Waals surface area contributed by atoms with E-state index >= 15 is 0 Å². The summed E-state index contributed by atoms with van der Waals surface area (Å²) in [4.78, 5) is 0. The molecule has 1 heterocycles. The van der Waals surface area contributed by atoms with E-state index in [1.54, 1.807) is 0 Å². The van der Waals surface area contributed by atoms with Crippen LogP contribution in [0.25, 0.3) is 0 Å². The van der Waals surface area contributed by atoms with Crippen LogP contribution in [-0.2, 0) is 4.74 Å². The van der Waals surface area contributed by atoms with Crippen LogP contribution in [0.15, 0.2) is 0 Å². The van der Waals surface area contributed by atoms with Gasteiger partial charge in [0.15, 0.2) is 0 Å². The van der Waals surface area contributed by atoms with E-state index in [1.165, 1.54) is 25.7 Å². The smallest absolute Gasteiger partial charge is 0.0726 e. The fourth-order valence-electron chi connectivity index (χ4n) is 1.89. The van der Waals surface area contributed by atoms with Crippen LogP contribution in [0.2, 0.25) is 0 Å². The summed E-state index contributed by atoms with van der Waals surface area (Å²) in [5, 5.41) is 0. The third-order valence-corrected chi connectivity index (χ3v) is 2.76. The molecular formula is C11H23NO. The predicted molar refractivity (Wildman–Crippen MR) is 55.6 cm³/mol. The molecule has 0 spiro atoms. The first kappa shape index (κ1) is 11.0. The molecule has 0 aliphatic carbocycles. The molecule has 1 rings (SSSR count). The van der Waals surface area contributed by atoms with Crippen molar-refractivity contribution >= 4 is 0 Å². The lowest BCUT2D eigenvalue weighted by Crippen LogP contribution is -2.34. The van der Waals surface area contributed by atoms with E-state index in [4.69, 9.17) is 10.5 Å². The molecule has 2 atom stereocenters. The summed E-state index contributed by atoms with van der Waals surface area (Å²) in [6.45, 7) is 5.44. The minimum Gasteiger partial charge on any atom is -0.377 e. The molecule has 1 saturated heterocycles. The third-order valence-electron chi connectivity index (χ3n) is 2.76. The van der Waals surface area contributed by atoms with E-state index in [2.05, 4.69) is 13.8 Å². The van der Waals surface area contributed by atoms with E-state index in [0.29, 0.717) is 6.10 Å². The lowest BCUT2D eigenvalue weighted by Gasteiger charge is -2.18. The minimum absolute atomic E-state index is 0.279. The summed E-state index contributed by atoms with van der Waals surface area (Å²) in [6, 6.07) is 0.279. The molecule has 1 fully saturated rings. The summed E-state index contributed by atoms with van der Waals surface area (Å²) in [6.07, 6.45) is 6.39. The molecule has 2 unspecified atom stereocenters. The first-order chi connectivity index (χ1) is 6.20. The molecule has 0 saturated carbocycles. The minimum atomic E-state index is 0.279. The Hall–Kier alpha value is -0.0800. The molecule has 2 nitrogen and oxygen atoms in total. The zero-order valence-corrected chi connectivity index (χ0v) is 8.96. The third kappa shape index (κ3) is 4.10. The largest absolute Gasteiger partial charge is 0.377 e. The molecule has 0 aromatic carbocycles. The molecule has 0 bridgehead atoms. The molecule has 2 N–H and O–H groups in total. The van der Waals surface area contributed by atoms with Crippen molar-refractivity contribution in [1.29, 1.82) is 0 Å². The summed E-state index contributed by atoms with van der Waals surface area (Å²) in [7, 11) is 0. The van der Waals surface area contributed by atoms with Gasteiger partial charge in [-0.05, 0) is 25.2 Å². The topological polar surface area (TPSA) is 35.2 Å². The fraction of sp³-hybridized carbons (Fsp3) is 1.00. The maximum Gasteiger partial charge on any atom is 0.0726 e. The Kier molecular flexibility index (Phi) is 4.74. The average molecular weight is 185 g/mol. The van der Waals surface area contributed by atoms with Gasteiger partial charge in [-0.15, -0.1) is 0 Å². The van der Waals surface area contributed by atoms with Gasteiger partial charge in [0, 0.05) is 12.6 Å². The van der Waals surface area contributed by atoms with E-state index in [9.17, 15) is 0 Å². The second-order valence-corrected chi connectivity index (χ2v) is 4.54. The zero-order valence-electron chi connectivity index (χ0n) is 8.96. The number of hydrogen-bond donors (Lipinski definition) is 1. The lowest BCUT2D eigenvalue weighted by atomic mass is 9.99. The molecule has 0 aromatic heterocycles. The van der Waals surface area contributed by atoms with E-state index in [1.807, 2.05) is 0 Å². The van der Waals surface area contributed by atoms with Crippen LogP contribution in [0.3, 0.4) is 0 Å². The monoisotopic (exact) mass is 185 g/mol. The van der Waals surface area contributed by atoms with E-state index in [-0.39, 0.29) is 6.04 Å². The van der Waals surface area contributed by atoms with Crippen LogP contribution in [0.4, 0.5) is 0 Å². The van der Waals surface area contributed by atoms with Gasteiger partial charge in [0.25, 0.3) is 0 Å². The normalized spacial score (nSPS) is 25.4. The van der Waals surface area contributed by atoms with Gasteiger partial charge in [-0.25, -0.2) is 0 Å². The van der Waals surface area contributed by atoms with Crippen LogP contribution in [0, 0.1) is 5.92 Å². The summed E-state index contributed by atoms with van der Waals surface area (Å²) < 4.78 is 5.55. The van der Waals surface area contributed by atoms with Crippen LogP contribution in [-0.4, -0.2) is 18.8 Å². The molecule has 0 aromatic rings. The van der Waals surface area contributed by atoms with Crippen molar-refractivity contribution in [3.05, 3.63) is 0 Å². The molecule has 13 heavy (non-hydrogen) atoms. The van der Waals surface area contributed by atoms with E-state index < -0.39 is 0 Å². The van der Waals surface area contributed by atoms with Crippen molar-refractivity contribution in [3.63, 3.8) is 0 Å². The van der Waals surface area contributed by atoms with Crippen molar-refractivity contribution in [3.8, 4) is 0 Å². The molecule has 1 aliphatic heterocycles. The Morgan fingerprint density at radius 2 is 2.15 bits per heavy atom. The van der Waals surface area contributed by atoms with Gasteiger partial charge < -0.3 is 10.5 Å². The quantitative estimate of drug-likeness (QED) is 0.713. The highest BCUT2D eigenvalue weighted by atomic mass is 16.5. The first-order valence-electron chi connectivity index (χ1n) is 5.57. The highest BCUT2D eigenvalue weighted by molar-refractivity contribution is 4.77. The van der Waals surface area contributed by atoms with Gasteiger partial charge in [-0.2, -0.15) is 0 Å². The SMILES string of the molecule is CC(C)CCCC(N)C1CCCO1. The van der Waals surface area contributed by atoms with Crippen molar-refractivity contribution in [2.24, 2.45) is 11.7 Å². The Bertz CT molecular complexity index is 130. The van der Waals surface area contributed by atoms with Crippen molar-refractivity contribution in [2.75, 3.05) is 6.61 Å². The Balaban J connectivity index is 2.06. The maximum atomic E-state index is 6.04. The highest BCUT2D eigenvalue weighted by Crippen LogP contribution is 2.18. The Morgan fingerprint density at radius 3 is 2.69 bits per heavy atom. The van der Waals surface area contributed by atoms with E-state index in [0.717, 1.165) is 18.9 Å². The van der Waals surface area contributed by atoms with Gasteiger partial charge in [0.05, 0.1) is 6.10 Å². The summed E-state index contributed by atoms with van der Waals surface area (Å²) in [5.74, 6) is 0.802. The second-order valence-electron chi connectivity index (χ2n) is 4.54. The standard InChI is InChI=1S/C11H23NO/c1-9(2)5-3-6-10(12)11-7-4-8-13-11/h9-11H,3-8,12H2,1-2H3. The predicted octanol–water partition coefficient (Wildman–Crippen LogP) is 2.32. The zero-order chi connectivity index (χ0) is 9.68. The molecular weight excluding hydrogens is 162 g/mol. The Morgan fingerprint density at radius 1 is 1.38 bits per heavy atom. The maximum absolute atomic E-state index is 6.04. The van der Waals surface area contributed by atoms with Gasteiger partial charge in [-0.1, -0.05) is 26.7 Å². The average Bonchev–Trinajstić information content (AvgIpc) is 2.55. The van der Waals surface area contributed by atoms with Gasteiger partial charge in [0.1, 0.15) is 0 Å². The molecule has 0 amide bonds. The molecule has 0 radical (unpaired) electrons. The first-order valence-corrected chi connectivity index (χ1v) is 5.57. The summed E-state index contributed by atoms with van der Waals surface area (Å²) in [5.41, 5.74) is 6.04. The van der Waals surface area contributed by atoms with Crippen LogP contribution in [0.1, 0.15) is 46.0 Å². The van der Waals surface area contributed by atoms with Gasteiger partial charge in [0.2, 0.25) is 0 Å². The number of rotatable bonds is 5. The lowest BCUT2D eigenvalue weighted by molar-refractivity contribution is 0.0865.